The van der Waals surface area contributed by atoms with E-state index >= 15 is 0 Å². The van der Waals surface area contributed by atoms with Crippen molar-refractivity contribution in [2.75, 3.05) is 17.6 Å². The predicted octanol–water partition coefficient (Wildman–Crippen LogP) is 3.01. The molecule has 2 aromatic carbocycles. The van der Waals surface area contributed by atoms with Crippen molar-refractivity contribution < 1.29 is 18.4 Å². The highest BCUT2D eigenvalue weighted by Gasteiger charge is 2.14. The molecule has 162 valence electrons. The van der Waals surface area contributed by atoms with Gasteiger partial charge in [-0.05, 0) is 24.6 Å². The molecule has 1 heterocycles. The van der Waals surface area contributed by atoms with Gasteiger partial charge in [-0.15, -0.1) is 10.2 Å². The maximum absolute atomic E-state index is 13.2. The Morgan fingerprint density at radius 1 is 1.03 bits per heavy atom. The molecule has 3 rings (SSSR count). The molecule has 0 saturated carbocycles. The van der Waals surface area contributed by atoms with Gasteiger partial charge in [0.2, 0.25) is 11.8 Å². The zero-order valence-electron chi connectivity index (χ0n) is 16.8. The second kappa shape index (κ2) is 10.7. The molecule has 0 aliphatic rings. The van der Waals surface area contributed by atoms with Crippen LogP contribution in [-0.4, -0.2) is 38.9 Å². The smallest absolute Gasteiger partial charge is 0.243 e. The fourth-order valence-corrected chi connectivity index (χ4v) is 3.64. The van der Waals surface area contributed by atoms with Crippen LogP contribution in [-0.2, 0) is 22.6 Å². The predicted molar refractivity (Wildman–Crippen MR) is 114 cm³/mol. The molecule has 2 N–H and O–H groups in total. The SMILES string of the molecule is CCn1c(Cc2ccccc2)nnc1SCC(=O)NCC(=O)Nc1ccc(F)c(F)c1. The summed E-state index contributed by atoms with van der Waals surface area (Å²) in [5, 5.41) is 13.9. The normalized spacial score (nSPS) is 10.7. The molecule has 0 radical (unpaired) electrons. The molecule has 7 nitrogen and oxygen atoms in total. The minimum atomic E-state index is -1.06. The summed E-state index contributed by atoms with van der Waals surface area (Å²) in [6.45, 7) is 2.35. The number of nitrogens with zero attached hydrogens (tertiary/aromatic N) is 3. The van der Waals surface area contributed by atoms with E-state index in [0.29, 0.717) is 18.1 Å². The molecule has 0 bridgehead atoms. The molecule has 1 aromatic heterocycles. The summed E-state index contributed by atoms with van der Waals surface area (Å²) in [7, 11) is 0. The van der Waals surface area contributed by atoms with Crippen molar-refractivity contribution in [1.82, 2.24) is 20.1 Å². The lowest BCUT2D eigenvalue weighted by Crippen LogP contribution is -2.34. The van der Waals surface area contributed by atoms with Gasteiger partial charge in [-0.25, -0.2) is 8.78 Å². The molecular weight excluding hydrogens is 424 g/mol. The third kappa shape index (κ3) is 6.35. The Hall–Kier alpha value is -3.27. The van der Waals surface area contributed by atoms with E-state index in [4.69, 9.17) is 0 Å². The van der Waals surface area contributed by atoms with Gasteiger partial charge in [0.15, 0.2) is 16.8 Å². The van der Waals surface area contributed by atoms with Crippen LogP contribution >= 0.6 is 11.8 Å². The Balaban J connectivity index is 1.48. The van der Waals surface area contributed by atoms with Crippen molar-refractivity contribution in [3.05, 3.63) is 71.6 Å². The summed E-state index contributed by atoms with van der Waals surface area (Å²) in [6.07, 6.45) is 0.637. The lowest BCUT2D eigenvalue weighted by Gasteiger charge is -2.08. The number of nitrogens with one attached hydrogen (secondary N) is 2. The minimum absolute atomic E-state index is 0.0575. The molecule has 3 aromatic rings. The number of halogens is 2. The number of aromatic nitrogens is 3. The van der Waals surface area contributed by atoms with Crippen molar-refractivity contribution >= 4 is 29.3 Å². The average Bonchev–Trinajstić information content (AvgIpc) is 3.15. The maximum Gasteiger partial charge on any atom is 0.243 e. The highest BCUT2D eigenvalue weighted by atomic mass is 32.2. The molecule has 0 fully saturated rings. The van der Waals surface area contributed by atoms with Crippen LogP contribution in [0.15, 0.2) is 53.7 Å². The summed E-state index contributed by atoms with van der Waals surface area (Å²) in [6, 6.07) is 12.9. The van der Waals surface area contributed by atoms with E-state index in [0.717, 1.165) is 23.5 Å². The third-order valence-electron chi connectivity index (χ3n) is 4.30. The molecular formula is C21H21F2N5O2S. The number of benzene rings is 2. The van der Waals surface area contributed by atoms with Crippen LogP contribution in [0.4, 0.5) is 14.5 Å². The van der Waals surface area contributed by atoms with E-state index in [1.165, 1.54) is 17.8 Å². The van der Waals surface area contributed by atoms with Gasteiger partial charge in [-0.1, -0.05) is 42.1 Å². The molecule has 0 atom stereocenters. The first kappa shape index (κ1) is 22.4. The summed E-state index contributed by atoms with van der Waals surface area (Å²) in [5.41, 5.74) is 1.22. The van der Waals surface area contributed by atoms with Gasteiger partial charge < -0.3 is 15.2 Å². The first-order valence-corrected chi connectivity index (χ1v) is 10.5. The highest BCUT2D eigenvalue weighted by molar-refractivity contribution is 7.99. The zero-order chi connectivity index (χ0) is 22.2. The lowest BCUT2D eigenvalue weighted by molar-refractivity contribution is -0.122. The van der Waals surface area contributed by atoms with Gasteiger partial charge in [0.25, 0.3) is 0 Å². The molecule has 0 saturated heterocycles. The molecule has 31 heavy (non-hydrogen) atoms. The molecule has 10 heteroatoms. The summed E-state index contributed by atoms with van der Waals surface area (Å²) < 4.78 is 28.0. The van der Waals surface area contributed by atoms with Crippen LogP contribution in [0.2, 0.25) is 0 Å². The standard InChI is InChI=1S/C21H21F2N5O2S/c1-2-28-18(10-14-6-4-3-5-7-14)26-27-21(28)31-13-20(30)24-12-19(29)25-15-8-9-16(22)17(23)11-15/h3-9,11H,2,10,12-13H2,1H3,(H,24,30)(H,25,29). The number of hydrogen-bond donors (Lipinski definition) is 2. The number of hydrogen-bond acceptors (Lipinski definition) is 5. The van der Waals surface area contributed by atoms with E-state index in [9.17, 15) is 18.4 Å². The van der Waals surface area contributed by atoms with Crippen molar-refractivity contribution in [1.29, 1.82) is 0 Å². The van der Waals surface area contributed by atoms with Crippen LogP contribution < -0.4 is 10.6 Å². The molecule has 0 unspecified atom stereocenters. The Morgan fingerprint density at radius 3 is 2.52 bits per heavy atom. The summed E-state index contributed by atoms with van der Waals surface area (Å²) in [4.78, 5) is 24.0. The second-order valence-corrected chi connectivity index (χ2v) is 7.49. The third-order valence-corrected chi connectivity index (χ3v) is 5.26. The number of thioether (sulfide) groups is 1. The maximum atomic E-state index is 13.2. The number of carbonyl (C=O) groups is 2. The van der Waals surface area contributed by atoms with Crippen molar-refractivity contribution in [3.8, 4) is 0 Å². The summed E-state index contributed by atoms with van der Waals surface area (Å²) >= 11 is 1.22. The van der Waals surface area contributed by atoms with Gasteiger partial charge in [-0.2, -0.15) is 0 Å². The highest BCUT2D eigenvalue weighted by Crippen LogP contribution is 2.18. The first-order valence-electron chi connectivity index (χ1n) is 9.56. The van der Waals surface area contributed by atoms with E-state index in [1.807, 2.05) is 41.8 Å². The Morgan fingerprint density at radius 2 is 1.81 bits per heavy atom. The van der Waals surface area contributed by atoms with Crippen molar-refractivity contribution in [3.63, 3.8) is 0 Å². The number of carbonyl (C=O) groups excluding carboxylic acids is 2. The monoisotopic (exact) mass is 445 g/mol. The quantitative estimate of drug-likeness (QED) is 0.495. The van der Waals surface area contributed by atoms with Crippen LogP contribution in [0.5, 0.6) is 0 Å². The zero-order valence-corrected chi connectivity index (χ0v) is 17.6. The fourth-order valence-electron chi connectivity index (χ4n) is 2.79. The van der Waals surface area contributed by atoms with E-state index in [1.54, 1.807) is 0 Å². The Bertz CT molecular complexity index is 1060. The van der Waals surface area contributed by atoms with Crippen LogP contribution in [0.3, 0.4) is 0 Å². The van der Waals surface area contributed by atoms with E-state index < -0.39 is 17.5 Å². The van der Waals surface area contributed by atoms with Crippen molar-refractivity contribution in [2.45, 2.75) is 25.0 Å². The molecule has 0 spiro atoms. The first-order chi connectivity index (χ1) is 15.0. The minimum Gasteiger partial charge on any atom is -0.346 e. The van der Waals surface area contributed by atoms with Gasteiger partial charge in [0, 0.05) is 24.7 Å². The van der Waals surface area contributed by atoms with Crippen molar-refractivity contribution in [2.24, 2.45) is 0 Å². The van der Waals surface area contributed by atoms with Gasteiger partial charge in [-0.3, -0.25) is 9.59 Å². The number of amides is 2. The van der Waals surface area contributed by atoms with E-state index in [2.05, 4.69) is 20.8 Å². The largest absolute Gasteiger partial charge is 0.346 e. The second-order valence-electron chi connectivity index (χ2n) is 6.55. The molecule has 2 amide bonds. The average molecular weight is 445 g/mol. The van der Waals surface area contributed by atoms with Crippen LogP contribution in [0.1, 0.15) is 18.3 Å². The fraction of sp³-hybridized carbons (Fsp3) is 0.238. The van der Waals surface area contributed by atoms with Crippen LogP contribution in [0.25, 0.3) is 0 Å². The number of rotatable bonds is 9. The topological polar surface area (TPSA) is 88.9 Å². The van der Waals surface area contributed by atoms with Gasteiger partial charge in [0.1, 0.15) is 5.82 Å². The van der Waals surface area contributed by atoms with Gasteiger partial charge in [0.05, 0.1) is 12.3 Å². The van der Waals surface area contributed by atoms with E-state index in [-0.39, 0.29) is 23.9 Å². The summed E-state index contributed by atoms with van der Waals surface area (Å²) in [5.74, 6) is -2.11. The molecule has 0 aliphatic heterocycles. The lowest BCUT2D eigenvalue weighted by atomic mass is 10.1. The van der Waals surface area contributed by atoms with Crippen LogP contribution in [0, 0.1) is 11.6 Å². The Labute approximate surface area is 182 Å². The van der Waals surface area contributed by atoms with Gasteiger partial charge >= 0.3 is 0 Å². The number of anilines is 1. The Kier molecular flexibility index (Phi) is 7.71. The molecule has 0 aliphatic carbocycles.